The van der Waals surface area contributed by atoms with Crippen LogP contribution in [0.25, 0.3) is 0 Å². The van der Waals surface area contributed by atoms with Crippen molar-refractivity contribution in [2.75, 3.05) is 19.8 Å². The Morgan fingerprint density at radius 1 is 1.23 bits per heavy atom. The maximum Gasteiger partial charge on any atom is 0.0796 e. The minimum Gasteiger partial charge on any atom is -0.390 e. The number of hydrogen-bond donors (Lipinski definition) is 2. The van der Waals surface area contributed by atoms with Gasteiger partial charge >= 0.3 is 0 Å². The molecule has 3 nitrogen and oxygen atoms in total. The van der Waals surface area contributed by atoms with Gasteiger partial charge in [0, 0.05) is 12.6 Å². The molecule has 0 saturated carbocycles. The molecule has 0 aromatic rings. The number of aliphatic hydroxyl groups excluding tert-OH is 1. The Morgan fingerprint density at radius 3 is 2.31 bits per heavy atom. The van der Waals surface area contributed by atoms with E-state index in [2.05, 4.69) is 19.2 Å². The summed E-state index contributed by atoms with van der Waals surface area (Å²) in [6.07, 6.45) is -0.334. The smallest absolute Gasteiger partial charge is 0.0796 e. The maximum absolute atomic E-state index is 9.39. The van der Waals surface area contributed by atoms with Gasteiger partial charge in [-0.2, -0.15) is 0 Å². The number of hydrogen-bond acceptors (Lipinski definition) is 3. The molecule has 1 unspecified atom stereocenters. The third-order valence-corrected chi connectivity index (χ3v) is 1.86. The molecule has 3 heteroatoms. The van der Waals surface area contributed by atoms with Crippen LogP contribution in [0.4, 0.5) is 0 Å². The summed E-state index contributed by atoms with van der Waals surface area (Å²) < 4.78 is 5.29. The molecule has 0 amide bonds. The van der Waals surface area contributed by atoms with E-state index in [0.717, 1.165) is 6.54 Å². The second kappa shape index (κ2) is 7.30. The van der Waals surface area contributed by atoms with Crippen LogP contribution in [0.3, 0.4) is 0 Å². The van der Waals surface area contributed by atoms with Gasteiger partial charge in [0.05, 0.1) is 19.3 Å². The predicted molar refractivity (Wildman–Crippen MR) is 54.8 cm³/mol. The fraction of sp³-hybridized carbons (Fsp3) is 1.00. The van der Waals surface area contributed by atoms with Crippen molar-refractivity contribution in [3.05, 3.63) is 0 Å². The Hall–Kier alpha value is -0.120. The van der Waals surface area contributed by atoms with E-state index >= 15 is 0 Å². The summed E-state index contributed by atoms with van der Waals surface area (Å²) in [5.74, 6) is 0.276. The molecule has 0 aliphatic carbocycles. The van der Waals surface area contributed by atoms with E-state index in [1.165, 1.54) is 0 Å². The van der Waals surface area contributed by atoms with E-state index in [4.69, 9.17) is 4.74 Å². The molecule has 0 aromatic carbocycles. The quantitative estimate of drug-likeness (QED) is 0.587. The lowest BCUT2D eigenvalue weighted by Gasteiger charge is -2.15. The molecule has 0 aliphatic rings. The minimum absolute atomic E-state index is 0.276. The molecule has 0 bridgehead atoms. The molecule has 0 rings (SSSR count). The summed E-state index contributed by atoms with van der Waals surface area (Å²) in [5.41, 5.74) is 0. The molecule has 0 radical (unpaired) electrons. The van der Waals surface area contributed by atoms with Crippen LogP contribution in [0.2, 0.25) is 0 Å². The Balaban J connectivity index is 3.16. The molecule has 80 valence electrons. The minimum atomic E-state index is -0.334. The van der Waals surface area contributed by atoms with Crippen molar-refractivity contribution in [2.24, 2.45) is 5.92 Å². The fourth-order valence-corrected chi connectivity index (χ4v) is 0.816. The standard InChI is InChI=1S/C10H23NO2/c1-8(2)10(12)7-13-6-5-11-9(3)4/h8-12H,5-7H2,1-4H3. The van der Waals surface area contributed by atoms with E-state index < -0.39 is 0 Å². The second-order valence-corrected chi connectivity index (χ2v) is 4.00. The summed E-state index contributed by atoms with van der Waals surface area (Å²) in [6.45, 7) is 10.1. The van der Waals surface area contributed by atoms with E-state index in [0.29, 0.717) is 19.3 Å². The van der Waals surface area contributed by atoms with Crippen LogP contribution in [0.1, 0.15) is 27.7 Å². The topological polar surface area (TPSA) is 41.5 Å². The molecule has 0 spiro atoms. The van der Waals surface area contributed by atoms with Gasteiger partial charge in [0.25, 0.3) is 0 Å². The first-order valence-corrected chi connectivity index (χ1v) is 5.03. The van der Waals surface area contributed by atoms with Crippen molar-refractivity contribution >= 4 is 0 Å². The van der Waals surface area contributed by atoms with Crippen LogP contribution in [0.5, 0.6) is 0 Å². The molecule has 0 fully saturated rings. The van der Waals surface area contributed by atoms with E-state index in [1.807, 2.05) is 13.8 Å². The fourth-order valence-electron chi connectivity index (χ4n) is 0.816. The summed E-state index contributed by atoms with van der Waals surface area (Å²) in [5, 5.41) is 12.6. The van der Waals surface area contributed by atoms with Crippen molar-refractivity contribution in [3.8, 4) is 0 Å². The molecular formula is C10H23NO2. The molecule has 0 aromatic heterocycles. The highest BCUT2D eigenvalue weighted by molar-refractivity contribution is 4.58. The first-order valence-electron chi connectivity index (χ1n) is 5.03. The van der Waals surface area contributed by atoms with Crippen LogP contribution < -0.4 is 5.32 Å². The van der Waals surface area contributed by atoms with Gasteiger partial charge in [-0.15, -0.1) is 0 Å². The van der Waals surface area contributed by atoms with Crippen molar-refractivity contribution in [2.45, 2.75) is 39.8 Å². The molecule has 0 heterocycles. The molecule has 2 N–H and O–H groups in total. The van der Waals surface area contributed by atoms with E-state index in [-0.39, 0.29) is 12.0 Å². The average molecular weight is 189 g/mol. The van der Waals surface area contributed by atoms with Gasteiger partial charge in [0.1, 0.15) is 0 Å². The van der Waals surface area contributed by atoms with Gasteiger partial charge < -0.3 is 15.2 Å². The van der Waals surface area contributed by atoms with Gasteiger partial charge in [-0.05, 0) is 5.92 Å². The Morgan fingerprint density at radius 2 is 1.85 bits per heavy atom. The number of nitrogens with one attached hydrogen (secondary N) is 1. The monoisotopic (exact) mass is 189 g/mol. The third kappa shape index (κ3) is 8.22. The van der Waals surface area contributed by atoms with E-state index in [9.17, 15) is 5.11 Å². The first-order chi connectivity index (χ1) is 6.04. The summed E-state index contributed by atoms with van der Waals surface area (Å²) >= 11 is 0. The highest BCUT2D eigenvalue weighted by Crippen LogP contribution is 2.00. The number of rotatable bonds is 7. The van der Waals surface area contributed by atoms with Gasteiger partial charge in [0.2, 0.25) is 0 Å². The van der Waals surface area contributed by atoms with Crippen LogP contribution in [0.15, 0.2) is 0 Å². The first kappa shape index (κ1) is 12.9. The number of ether oxygens (including phenoxy) is 1. The van der Waals surface area contributed by atoms with Gasteiger partial charge in [-0.3, -0.25) is 0 Å². The maximum atomic E-state index is 9.39. The molecule has 13 heavy (non-hydrogen) atoms. The largest absolute Gasteiger partial charge is 0.390 e. The molecular weight excluding hydrogens is 166 g/mol. The van der Waals surface area contributed by atoms with Crippen LogP contribution in [-0.4, -0.2) is 37.0 Å². The van der Waals surface area contributed by atoms with Gasteiger partial charge in [-0.25, -0.2) is 0 Å². The summed E-state index contributed by atoms with van der Waals surface area (Å²) in [4.78, 5) is 0. The van der Waals surface area contributed by atoms with Crippen molar-refractivity contribution < 1.29 is 9.84 Å². The lowest BCUT2D eigenvalue weighted by atomic mass is 10.1. The Bertz CT molecular complexity index is 115. The predicted octanol–water partition coefficient (Wildman–Crippen LogP) is 1.02. The van der Waals surface area contributed by atoms with E-state index in [1.54, 1.807) is 0 Å². The second-order valence-electron chi connectivity index (χ2n) is 4.00. The third-order valence-electron chi connectivity index (χ3n) is 1.86. The van der Waals surface area contributed by atoms with Crippen molar-refractivity contribution in [1.29, 1.82) is 0 Å². The highest BCUT2D eigenvalue weighted by Gasteiger charge is 2.08. The number of aliphatic hydroxyl groups is 1. The zero-order valence-electron chi connectivity index (χ0n) is 9.21. The SMILES string of the molecule is CC(C)NCCOCC(O)C(C)C. The normalized spacial score (nSPS) is 14.1. The molecule has 1 atom stereocenters. The van der Waals surface area contributed by atoms with Gasteiger partial charge in [0.15, 0.2) is 0 Å². The van der Waals surface area contributed by atoms with Crippen LogP contribution in [0, 0.1) is 5.92 Å². The van der Waals surface area contributed by atoms with Crippen molar-refractivity contribution in [1.82, 2.24) is 5.32 Å². The Labute approximate surface area is 81.5 Å². The Kier molecular flexibility index (Phi) is 7.23. The molecule has 0 saturated heterocycles. The lowest BCUT2D eigenvalue weighted by molar-refractivity contribution is 0.0140. The zero-order chi connectivity index (χ0) is 10.3. The molecule has 0 aliphatic heterocycles. The summed E-state index contributed by atoms with van der Waals surface area (Å²) in [7, 11) is 0. The van der Waals surface area contributed by atoms with Gasteiger partial charge in [-0.1, -0.05) is 27.7 Å². The van der Waals surface area contributed by atoms with Crippen LogP contribution in [-0.2, 0) is 4.74 Å². The van der Waals surface area contributed by atoms with Crippen molar-refractivity contribution in [3.63, 3.8) is 0 Å². The zero-order valence-corrected chi connectivity index (χ0v) is 9.21. The lowest BCUT2D eigenvalue weighted by Crippen LogP contribution is -2.29. The van der Waals surface area contributed by atoms with Crippen LogP contribution >= 0.6 is 0 Å². The summed E-state index contributed by atoms with van der Waals surface area (Å²) in [6, 6.07) is 0.499. The average Bonchev–Trinajstić information content (AvgIpc) is 2.02. The highest BCUT2D eigenvalue weighted by atomic mass is 16.5.